The van der Waals surface area contributed by atoms with Crippen LogP contribution in [-0.2, 0) is 4.79 Å². The number of fused-ring (bicyclic) bond motifs is 1. The van der Waals surface area contributed by atoms with Gasteiger partial charge in [-0.3, -0.25) is 9.69 Å². The Morgan fingerprint density at radius 2 is 2.26 bits per heavy atom. The number of aromatic nitrogens is 1. The zero-order valence-corrected chi connectivity index (χ0v) is 11.2. The molecule has 0 fully saturated rings. The van der Waals surface area contributed by atoms with Crippen molar-refractivity contribution < 1.29 is 14.6 Å². The Bertz CT molecular complexity index is 564. The molecule has 19 heavy (non-hydrogen) atoms. The summed E-state index contributed by atoms with van der Waals surface area (Å²) in [7, 11) is 1.67. The third kappa shape index (κ3) is 3.24. The highest BCUT2D eigenvalue weighted by atomic mass is 16.5. The van der Waals surface area contributed by atoms with Crippen molar-refractivity contribution >= 4 is 11.7 Å². The number of hydrogen-bond donors (Lipinski definition) is 1. The zero-order valence-electron chi connectivity index (χ0n) is 11.2. The van der Waals surface area contributed by atoms with Crippen LogP contribution < -0.4 is 9.64 Å². The van der Waals surface area contributed by atoms with Gasteiger partial charge in [-0.05, 0) is 13.8 Å². The van der Waals surface area contributed by atoms with Crippen molar-refractivity contribution in [2.45, 2.75) is 25.9 Å². The van der Waals surface area contributed by atoms with Crippen molar-refractivity contribution in [1.29, 1.82) is 0 Å². The van der Waals surface area contributed by atoms with Crippen molar-refractivity contribution in [3.8, 4) is 17.6 Å². The lowest BCUT2D eigenvalue weighted by Gasteiger charge is -2.14. The molecule has 2 heterocycles. The van der Waals surface area contributed by atoms with Gasteiger partial charge in [0.05, 0.1) is 13.0 Å². The van der Waals surface area contributed by atoms with Gasteiger partial charge < -0.3 is 9.84 Å². The van der Waals surface area contributed by atoms with Crippen molar-refractivity contribution in [3.05, 3.63) is 17.8 Å². The molecule has 0 radical (unpaired) electrons. The van der Waals surface area contributed by atoms with Crippen LogP contribution in [-0.4, -0.2) is 35.3 Å². The maximum atomic E-state index is 11.7. The molecule has 0 unspecified atom stereocenters. The molecule has 1 aliphatic rings. The van der Waals surface area contributed by atoms with E-state index in [1.54, 1.807) is 33.2 Å². The van der Waals surface area contributed by atoms with Gasteiger partial charge in [0.1, 0.15) is 5.60 Å². The fourth-order valence-corrected chi connectivity index (χ4v) is 1.62. The smallest absolute Gasteiger partial charge is 0.231 e. The van der Waals surface area contributed by atoms with Gasteiger partial charge in [0.25, 0.3) is 0 Å². The Labute approximate surface area is 112 Å². The second-order valence-electron chi connectivity index (χ2n) is 4.91. The van der Waals surface area contributed by atoms with E-state index in [9.17, 15) is 9.90 Å². The number of hydrogen-bond acceptors (Lipinski definition) is 4. The summed E-state index contributed by atoms with van der Waals surface area (Å²) < 4.78 is 5.51. The predicted molar refractivity (Wildman–Crippen MR) is 70.9 cm³/mol. The first-order valence-corrected chi connectivity index (χ1v) is 6.02. The van der Waals surface area contributed by atoms with Crippen LogP contribution in [0.1, 0.15) is 25.8 Å². The van der Waals surface area contributed by atoms with E-state index in [2.05, 4.69) is 16.8 Å². The van der Waals surface area contributed by atoms with Crippen LogP contribution in [0.2, 0.25) is 0 Å². The summed E-state index contributed by atoms with van der Waals surface area (Å²) in [6, 6.07) is 1.73. The number of carbonyl (C=O) groups is 1. The molecule has 0 aliphatic carbocycles. The molecular weight excluding hydrogens is 244 g/mol. The molecule has 0 spiro atoms. The fraction of sp³-hybridized carbons (Fsp3) is 0.429. The van der Waals surface area contributed by atoms with Crippen molar-refractivity contribution in [2.24, 2.45) is 0 Å². The maximum absolute atomic E-state index is 11.7. The molecule has 1 aliphatic heterocycles. The molecule has 0 aromatic carbocycles. The average molecular weight is 260 g/mol. The van der Waals surface area contributed by atoms with E-state index in [1.165, 1.54) is 4.90 Å². The summed E-state index contributed by atoms with van der Waals surface area (Å²) in [5, 5.41) is 9.56. The van der Waals surface area contributed by atoms with Crippen LogP contribution in [0.5, 0.6) is 5.75 Å². The van der Waals surface area contributed by atoms with E-state index in [0.29, 0.717) is 30.2 Å². The summed E-state index contributed by atoms with van der Waals surface area (Å²) in [5.74, 6) is 6.55. The van der Waals surface area contributed by atoms with E-state index in [-0.39, 0.29) is 5.91 Å². The molecule has 0 bridgehead atoms. The summed E-state index contributed by atoms with van der Waals surface area (Å²) in [6.07, 6.45) is 1.90. The second kappa shape index (κ2) is 4.90. The Balaban J connectivity index is 2.36. The van der Waals surface area contributed by atoms with Crippen LogP contribution in [0.25, 0.3) is 0 Å². The fourth-order valence-electron chi connectivity index (χ4n) is 1.62. The molecule has 5 nitrogen and oxygen atoms in total. The third-order valence-electron chi connectivity index (χ3n) is 2.61. The number of anilines is 1. The summed E-state index contributed by atoms with van der Waals surface area (Å²) >= 11 is 0. The average Bonchev–Trinajstić information content (AvgIpc) is 2.47. The molecule has 0 saturated carbocycles. The van der Waals surface area contributed by atoms with Crippen molar-refractivity contribution in [1.82, 2.24) is 4.98 Å². The summed E-state index contributed by atoms with van der Waals surface area (Å²) in [6.45, 7) is 3.56. The van der Waals surface area contributed by atoms with E-state index >= 15 is 0 Å². The number of pyridine rings is 1. The minimum absolute atomic E-state index is 0.0263. The van der Waals surface area contributed by atoms with Gasteiger partial charge in [0.15, 0.2) is 11.6 Å². The molecule has 100 valence electrons. The molecule has 1 aromatic heterocycles. The third-order valence-corrected chi connectivity index (χ3v) is 2.61. The highest BCUT2D eigenvalue weighted by Gasteiger charge is 2.21. The van der Waals surface area contributed by atoms with Gasteiger partial charge in [0.2, 0.25) is 5.91 Å². The highest BCUT2D eigenvalue weighted by Crippen LogP contribution is 2.28. The topological polar surface area (TPSA) is 62.7 Å². The largest absolute Gasteiger partial charge is 0.489 e. The van der Waals surface area contributed by atoms with Crippen LogP contribution in [0.4, 0.5) is 5.82 Å². The summed E-state index contributed by atoms with van der Waals surface area (Å²) in [5.41, 5.74) is -0.413. The summed E-state index contributed by atoms with van der Waals surface area (Å²) in [4.78, 5) is 17.4. The first kappa shape index (κ1) is 13.4. The van der Waals surface area contributed by atoms with E-state index in [1.807, 2.05) is 0 Å². The SMILES string of the molecule is CN1C(=O)CCOc2cc(C#CC(C)(C)O)cnc21. The molecule has 1 amide bonds. The lowest BCUT2D eigenvalue weighted by molar-refractivity contribution is -0.118. The van der Waals surface area contributed by atoms with Crippen LogP contribution in [0.3, 0.4) is 0 Å². The number of amides is 1. The lowest BCUT2D eigenvalue weighted by atomic mass is 10.1. The van der Waals surface area contributed by atoms with Gasteiger partial charge in [-0.1, -0.05) is 11.8 Å². The minimum atomic E-state index is -1.06. The molecule has 2 rings (SSSR count). The van der Waals surface area contributed by atoms with Crippen molar-refractivity contribution in [3.63, 3.8) is 0 Å². The first-order chi connectivity index (χ1) is 8.87. The lowest BCUT2D eigenvalue weighted by Crippen LogP contribution is -2.25. The van der Waals surface area contributed by atoms with Crippen LogP contribution >= 0.6 is 0 Å². The van der Waals surface area contributed by atoms with E-state index < -0.39 is 5.60 Å². The Morgan fingerprint density at radius 1 is 1.53 bits per heavy atom. The monoisotopic (exact) mass is 260 g/mol. The molecule has 0 saturated heterocycles. The maximum Gasteiger partial charge on any atom is 0.231 e. The molecule has 5 heteroatoms. The number of ether oxygens (including phenoxy) is 1. The molecule has 0 atom stereocenters. The minimum Gasteiger partial charge on any atom is -0.489 e. The van der Waals surface area contributed by atoms with Gasteiger partial charge in [-0.25, -0.2) is 4.98 Å². The number of carbonyl (C=O) groups excluding carboxylic acids is 1. The standard InChI is InChI=1S/C14H16N2O3/c1-14(2,18)6-4-10-8-11-13(15-9-10)16(3)12(17)5-7-19-11/h8-9,18H,5,7H2,1-3H3. The quantitative estimate of drug-likeness (QED) is 0.705. The van der Waals surface area contributed by atoms with Gasteiger partial charge >= 0.3 is 0 Å². The van der Waals surface area contributed by atoms with E-state index in [4.69, 9.17) is 4.74 Å². The first-order valence-electron chi connectivity index (χ1n) is 6.02. The predicted octanol–water partition coefficient (Wildman–Crippen LogP) is 0.949. The molecule has 1 N–H and O–H groups in total. The molecule has 1 aromatic rings. The van der Waals surface area contributed by atoms with Crippen LogP contribution in [0, 0.1) is 11.8 Å². The highest BCUT2D eigenvalue weighted by molar-refractivity contribution is 5.93. The van der Waals surface area contributed by atoms with Crippen molar-refractivity contribution in [2.75, 3.05) is 18.6 Å². The number of rotatable bonds is 0. The zero-order chi connectivity index (χ0) is 14.0. The van der Waals surface area contributed by atoms with E-state index in [0.717, 1.165) is 0 Å². The Hall–Kier alpha value is -2.06. The Kier molecular flexibility index (Phi) is 3.45. The van der Waals surface area contributed by atoms with Gasteiger partial charge in [0, 0.05) is 24.9 Å². The Morgan fingerprint density at radius 3 is 2.95 bits per heavy atom. The molecular formula is C14H16N2O3. The van der Waals surface area contributed by atoms with Gasteiger partial charge in [-0.15, -0.1) is 0 Å². The number of nitrogens with zero attached hydrogens (tertiary/aromatic N) is 2. The number of aliphatic hydroxyl groups is 1. The normalized spacial score (nSPS) is 14.9. The van der Waals surface area contributed by atoms with Gasteiger partial charge in [-0.2, -0.15) is 0 Å². The second-order valence-corrected chi connectivity index (χ2v) is 4.91. The van der Waals surface area contributed by atoms with Crippen LogP contribution in [0.15, 0.2) is 12.3 Å².